The van der Waals surface area contributed by atoms with Crippen LogP contribution in [-0.4, -0.2) is 39.7 Å². The Hall–Kier alpha value is -3.41. The van der Waals surface area contributed by atoms with Gasteiger partial charge in [-0.15, -0.1) is 0 Å². The first kappa shape index (κ1) is 17.7. The summed E-state index contributed by atoms with van der Waals surface area (Å²) >= 11 is 0. The highest BCUT2D eigenvalue weighted by Gasteiger charge is 2.41. The Morgan fingerprint density at radius 1 is 1.10 bits per heavy atom. The van der Waals surface area contributed by atoms with Crippen molar-refractivity contribution in [1.82, 2.24) is 15.2 Å². The Kier molecular flexibility index (Phi) is 3.84. The lowest BCUT2D eigenvalue weighted by molar-refractivity contribution is -0.125. The van der Waals surface area contributed by atoms with Gasteiger partial charge in [0.1, 0.15) is 6.04 Å². The van der Waals surface area contributed by atoms with Crippen molar-refractivity contribution < 1.29 is 14.4 Å². The van der Waals surface area contributed by atoms with Crippen LogP contribution in [-0.2, 0) is 17.6 Å². The van der Waals surface area contributed by atoms with Crippen LogP contribution in [0.1, 0.15) is 44.5 Å². The zero-order chi connectivity index (χ0) is 20.3. The number of rotatable bonds is 3. The molecule has 29 heavy (non-hydrogen) atoms. The highest BCUT2D eigenvalue weighted by molar-refractivity contribution is 6.22. The van der Waals surface area contributed by atoms with E-state index >= 15 is 0 Å². The second kappa shape index (κ2) is 6.30. The molecule has 5 rings (SSSR count). The monoisotopic (exact) mass is 387 g/mol. The molecule has 2 N–H and O–H groups in total. The third-order valence-corrected chi connectivity index (χ3v) is 5.99. The van der Waals surface area contributed by atoms with Crippen LogP contribution in [0.4, 0.5) is 0 Å². The Bertz CT molecular complexity index is 1160. The molecule has 0 radical (unpaired) electrons. The summed E-state index contributed by atoms with van der Waals surface area (Å²) in [6, 6.07) is 12.1. The van der Waals surface area contributed by atoms with Gasteiger partial charge in [0.25, 0.3) is 11.8 Å². The van der Waals surface area contributed by atoms with Crippen molar-refractivity contribution in [3.8, 4) is 0 Å². The number of aryl methyl sites for hydroxylation is 1. The molecule has 0 bridgehead atoms. The minimum Gasteiger partial charge on any atom is -0.358 e. The second-order valence-corrected chi connectivity index (χ2v) is 7.95. The fourth-order valence-corrected chi connectivity index (χ4v) is 4.49. The van der Waals surface area contributed by atoms with Gasteiger partial charge in [-0.05, 0) is 50.1 Å². The quantitative estimate of drug-likeness (QED) is 0.678. The van der Waals surface area contributed by atoms with Gasteiger partial charge in [-0.3, -0.25) is 19.3 Å². The van der Waals surface area contributed by atoms with Crippen molar-refractivity contribution in [3.63, 3.8) is 0 Å². The molecular weight excluding hydrogens is 366 g/mol. The van der Waals surface area contributed by atoms with Crippen molar-refractivity contribution in [2.24, 2.45) is 0 Å². The third-order valence-electron chi connectivity index (χ3n) is 5.99. The lowest BCUT2D eigenvalue weighted by atomic mass is 10.1. The molecule has 0 fully saturated rings. The number of aromatic amines is 1. The molecule has 0 saturated heterocycles. The third kappa shape index (κ3) is 2.67. The predicted octanol–water partition coefficient (Wildman–Crippen LogP) is 2.74. The van der Waals surface area contributed by atoms with Crippen LogP contribution >= 0.6 is 0 Å². The van der Waals surface area contributed by atoms with Crippen molar-refractivity contribution in [2.45, 2.75) is 38.8 Å². The summed E-state index contributed by atoms with van der Waals surface area (Å²) in [7, 11) is 0. The van der Waals surface area contributed by atoms with Crippen LogP contribution in [0.15, 0.2) is 42.5 Å². The maximum atomic E-state index is 12.9. The number of carbonyl (C=O) groups excluding carboxylic acids is 3. The highest BCUT2D eigenvalue weighted by atomic mass is 16.2. The van der Waals surface area contributed by atoms with Gasteiger partial charge in [-0.1, -0.05) is 23.8 Å². The number of nitrogens with one attached hydrogen (secondary N) is 2. The van der Waals surface area contributed by atoms with Gasteiger partial charge in [0.15, 0.2) is 0 Å². The molecule has 3 amide bonds. The maximum Gasteiger partial charge on any atom is 0.262 e. The Balaban J connectivity index is 1.32. The SMILES string of the molecule is Cc1ccc2[nH]c3c(c2c1)CC(NC(=O)C(C)N1C(=O)c2ccccc2C1=O)C3. The molecule has 0 saturated carbocycles. The number of hydrogen-bond donors (Lipinski definition) is 2. The lowest BCUT2D eigenvalue weighted by Crippen LogP contribution is -2.50. The molecule has 146 valence electrons. The van der Waals surface area contributed by atoms with Crippen LogP contribution in [0.2, 0.25) is 0 Å². The Morgan fingerprint density at radius 3 is 2.48 bits per heavy atom. The summed E-state index contributed by atoms with van der Waals surface area (Å²) in [4.78, 5) is 42.6. The molecule has 1 aliphatic carbocycles. The van der Waals surface area contributed by atoms with Crippen molar-refractivity contribution in [2.75, 3.05) is 0 Å². The van der Waals surface area contributed by atoms with E-state index in [2.05, 4.69) is 35.4 Å². The summed E-state index contributed by atoms with van der Waals surface area (Å²) < 4.78 is 0. The van der Waals surface area contributed by atoms with Crippen molar-refractivity contribution in [1.29, 1.82) is 0 Å². The first-order valence-corrected chi connectivity index (χ1v) is 9.81. The summed E-state index contributed by atoms with van der Waals surface area (Å²) in [5.74, 6) is -1.13. The molecule has 2 aliphatic rings. The van der Waals surface area contributed by atoms with Crippen LogP contribution in [0.25, 0.3) is 10.9 Å². The maximum absolute atomic E-state index is 12.9. The Labute approximate surface area is 167 Å². The molecule has 6 heteroatoms. The fourth-order valence-electron chi connectivity index (χ4n) is 4.49. The van der Waals surface area contributed by atoms with Gasteiger partial charge in [0, 0.05) is 29.1 Å². The van der Waals surface area contributed by atoms with Crippen LogP contribution in [0.3, 0.4) is 0 Å². The van der Waals surface area contributed by atoms with E-state index in [9.17, 15) is 14.4 Å². The van der Waals surface area contributed by atoms with E-state index in [1.807, 2.05) is 0 Å². The second-order valence-electron chi connectivity index (χ2n) is 7.95. The van der Waals surface area contributed by atoms with Gasteiger partial charge in [0.2, 0.25) is 5.91 Å². The Morgan fingerprint density at radius 2 is 1.79 bits per heavy atom. The van der Waals surface area contributed by atoms with Gasteiger partial charge in [-0.25, -0.2) is 0 Å². The fraction of sp³-hybridized carbons (Fsp3) is 0.261. The summed E-state index contributed by atoms with van der Waals surface area (Å²) in [5.41, 5.74) is 5.41. The van der Waals surface area contributed by atoms with Crippen LogP contribution in [0.5, 0.6) is 0 Å². The predicted molar refractivity (Wildman–Crippen MR) is 109 cm³/mol. The normalized spacial score (nSPS) is 18.8. The summed E-state index contributed by atoms with van der Waals surface area (Å²) in [6.07, 6.45) is 1.45. The van der Waals surface area contributed by atoms with Gasteiger partial charge >= 0.3 is 0 Å². The summed E-state index contributed by atoms with van der Waals surface area (Å²) in [5, 5.41) is 4.23. The number of aromatic nitrogens is 1. The standard InChI is InChI=1S/C23H21N3O3/c1-12-7-8-19-17(9-12)18-10-14(11-20(18)25-19)24-21(27)13(2)26-22(28)15-5-3-4-6-16(15)23(26)29/h3-9,13-14,25H,10-11H2,1-2H3,(H,24,27). The molecule has 0 spiro atoms. The molecule has 6 nitrogen and oxygen atoms in total. The zero-order valence-corrected chi connectivity index (χ0v) is 16.3. The van der Waals surface area contributed by atoms with Crippen LogP contribution < -0.4 is 5.32 Å². The molecule has 1 aliphatic heterocycles. The minimum absolute atomic E-state index is 0.0497. The molecule has 2 unspecified atom stereocenters. The number of carbonyl (C=O) groups is 3. The average Bonchev–Trinajstić information content (AvgIpc) is 3.32. The average molecular weight is 387 g/mol. The lowest BCUT2D eigenvalue weighted by Gasteiger charge is -2.23. The van der Waals surface area contributed by atoms with E-state index in [4.69, 9.17) is 0 Å². The van der Waals surface area contributed by atoms with Gasteiger partial charge in [0.05, 0.1) is 11.1 Å². The summed E-state index contributed by atoms with van der Waals surface area (Å²) in [6.45, 7) is 3.67. The molecule has 2 aromatic carbocycles. The largest absolute Gasteiger partial charge is 0.358 e. The number of benzene rings is 2. The molecule has 2 heterocycles. The van der Waals surface area contributed by atoms with E-state index < -0.39 is 17.9 Å². The van der Waals surface area contributed by atoms with E-state index in [0.717, 1.165) is 22.5 Å². The topological polar surface area (TPSA) is 82.3 Å². The first-order chi connectivity index (χ1) is 13.9. The van der Waals surface area contributed by atoms with E-state index in [1.165, 1.54) is 16.5 Å². The first-order valence-electron chi connectivity index (χ1n) is 9.81. The van der Waals surface area contributed by atoms with Gasteiger partial charge < -0.3 is 10.3 Å². The van der Waals surface area contributed by atoms with Crippen molar-refractivity contribution in [3.05, 3.63) is 70.4 Å². The zero-order valence-electron chi connectivity index (χ0n) is 16.3. The molecular formula is C23H21N3O3. The minimum atomic E-state index is -0.861. The number of nitrogens with zero attached hydrogens (tertiary/aromatic N) is 1. The van der Waals surface area contributed by atoms with Gasteiger partial charge in [-0.2, -0.15) is 0 Å². The molecule has 3 aromatic rings. The van der Waals surface area contributed by atoms with E-state index in [-0.39, 0.29) is 11.9 Å². The highest BCUT2D eigenvalue weighted by Crippen LogP contribution is 2.31. The number of H-pyrrole nitrogens is 1. The molecule has 2 atom stereocenters. The van der Waals surface area contributed by atoms with Crippen LogP contribution in [0, 0.1) is 6.92 Å². The van der Waals surface area contributed by atoms with E-state index in [1.54, 1.807) is 31.2 Å². The number of hydrogen-bond acceptors (Lipinski definition) is 3. The number of amides is 3. The smallest absolute Gasteiger partial charge is 0.262 e. The van der Waals surface area contributed by atoms with Crippen molar-refractivity contribution >= 4 is 28.6 Å². The number of fused-ring (bicyclic) bond motifs is 4. The number of imide groups is 1. The van der Waals surface area contributed by atoms with E-state index in [0.29, 0.717) is 17.5 Å². The molecule has 1 aromatic heterocycles.